The van der Waals surface area contributed by atoms with Crippen LogP contribution in [0.25, 0.3) is 0 Å². The van der Waals surface area contributed by atoms with Crippen molar-refractivity contribution >= 4 is 28.1 Å². The van der Waals surface area contributed by atoms with E-state index in [0.717, 1.165) is 12.1 Å². The van der Waals surface area contributed by atoms with Crippen LogP contribution in [0.15, 0.2) is 42.5 Å². The maximum atomic E-state index is 13.9. The Hall–Kier alpha value is -2.41. The molecule has 0 unspecified atom stereocenters. The van der Waals surface area contributed by atoms with Crippen molar-refractivity contribution in [2.45, 2.75) is 31.7 Å². The summed E-state index contributed by atoms with van der Waals surface area (Å²) in [7, 11) is 0. The lowest BCUT2D eigenvalue weighted by Gasteiger charge is -2.19. The highest BCUT2D eigenvalue weighted by Crippen LogP contribution is 2.28. The Balaban J connectivity index is 2.36. The highest BCUT2D eigenvalue weighted by atomic mass is 79.9. The Labute approximate surface area is 159 Å². The zero-order valence-electron chi connectivity index (χ0n) is 14.5. The maximum absolute atomic E-state index is 13.9. The molecule has 0 aliphatic carbocycles. The summed E-state index contributed by atoms with van der Waals surface area (Å²) in [5, 5.41) is 0.161. The van der Waals surface area contributed by atoms with E-state index < -0.39 is 23.5 Å². The van der Waals surface area contributed by atoms with E-state index in [4.69, 9.17) is 14.2 Å². The zero-order valence-corrected chi connectivity index (χ0v) is 16.1. The quantitative estimate of drug-likeness (QED) is 0.290. The smallest absolute Gasteiger partial charge is 0.428 e. The fraction of sp³-hybridized carbons (Fsp3) is 0.263. The molecular formula is C19H18BrFO5. The molecule has 0 spiro atoms. The third kappa shape index (κ3) is 5.56. The van der Waals surface area contributed by atoms with Gasteiger partial charge in [-0.2, -0.15) is 0 Å². The molecule has 26 heavy (non-hydrogen) atoms. The standard InChI is InChI=1S/C19H18BrFO5/c1-19(2,3)26-18(23)25-15-10-13(21)9-12(11-20)16(15)17(22)24-14-7-5-4-6-8-14/h4-10H,11H2,1-3H3. The molecule has 0 atom stereocenters. The van der Waals surface area contributed by atoms with Gasteiger partial charge in [0.2, 0.25) is 0 Å². The Morgan fingerprint density at radius 2 is 1.73 bits per heavy atom. The summed E-state index contributed by atoms with van der Waals surface area (Å²) >= 11 is 3.20. The van der Waals surface area contributed by atoms with Gasteiger partial charge in [-0.25, -0.2) is 14.0 Å². The molecule has 2 aromatic rings. The Bertz CT molecular complexity index is 800. The van der Waals surface area contributed by atoms with Gasteiger partial charge in [-0.1, -0.05) is 34.1 Å². The van der Waals surface area contributed by atoms with E-state index in [-0.39, 0.29) is 22.2 Å². The van der Waals surface area contributed by atoms with Gasteiger partial charge in [0.05, 0.1) is 0 Å². The lowest BCUT2D eigenvalue weighted by molar-refractivity contribution is 0.0204. The molecule has 0 saturated heterocycles. The third-order valence-electron chi connectivity index (χ3n) is 3.03. The minimum Gasteiger partial charge on any atom is -0.428 e. The Morgan fingerprint density at radius 3 is 2.31 bits per heavy atom. The fourth-order valence-electron chi connectivity index (χ4n) is 2.06. The third-order valence-corrected chi connectivity index (χ3v) is 3.64. The van der Waals surface area contributed by atoms with Crippen LogP contribution in [0.2, 0.25) is 0 Å². The van der Waals surface area contributed by atoms with Crippen molar-refractivity contribution in [1.82, 2.24) is 0 Å². The van der Waals surface area contributed by atoms with Crippen LogP contribution in [0.4, 0.5) is 9.18 Å². The van der Waals surface area contributed by atoms with Gasteiger partial charge in [-0.15, -0.1) is 0 Å². The Morgan fingerprint density at radius 1 is 1.08 bits per heavy atom. The van der Waals surface area contributed by atoms with Crippen LogP contribution in [-0.2, 0) is 10.1 Å². The highest BCUT2D eigenvalue weighted by Gasteiger charge is 2.25. The summed E-state index contributed by atoms with van der Waals surface area (Å²) in [6.45, 7) is 4.98. The molecule has 2 rings (SSSR count). The molecule has 0 heterocycles. The molecule has 0 bridgehead atoms. The number of para-hydroxylation sites is 1. The second kappa shape index (κ2) is 8.31. The number of rotatable bonds is 4. The van der Waals surface area contributed by atoms with Gasteiger partial charge in [0, 0.05) is 11.4 Å². The summed E-state index contributed by atoms with van der Waals surface area (Å²) in [4.78, 5) is 24.5. The highest BCUT2D eigenvalue weighted by molar-refractivity contribution is 9.08. The molecule has 0 N–H and O–H groups in total. The average molecular weight is 425 g/mol. The first kappa shape index (κ1) is 19.9. The number of hydrogen-bond donors (Lipinski definition) is 0. The first-order valence-electron chi connectivity index (χ1n) is 7.76. The van der Waals surface area contributed by atoms with Crippen LogP contribution < -0.4 is 9.47 Å². The molecule has 0 amide bonds. The fourth-order valence-corrected chi connectivity index (χ4v) is 2.50. The van der Waals surface area contributed by atoms with Crippen LogP contribution >= 0.6 is 15.9 Å². The molecule has 2 aromatic carbocycles. The van der Waals surface area contributed by atoms with E-state index in [1.54, 1.807) is 51.1 Å². The van der Waals surface area contributed by atoms with Gasteiger partial charge in [0.25, 0.3) is 0 Å². The van der Waals surface area contributed by atoms with Crippen LogP contribution in [0.3, 0.4) is 0 Å². The largest absolute Gasteiger partial charge is 0.514 e. The number of benzene rings is 2. The predicted molar refractivity (Wildman–Crippen MR) is 97.3 cm³/mol. The van der Waals surface area contributed by atoms with Gasteiger partial charge >= 0.3 is 12.1 Å². The van der Waals surface area contributed by atoms with Crippen molar-refractivity contribution in [3.63, 3.8) is 0 Å². The summed E-state index contributed by atoms with van der Waals surface area (Å²) in [5.41, 5.74) is -0.574. The number of ether oxygens (including phenoxy) is 3. The van der Waals surface area contributed by atoms with Crippen LogP contribution in [-0.4, -0.2) is 17.7 Å². The van der Waals surface area contributed by atoms with Gasteiger partial charge in [0.1, 0.15) is 22.7 Å². The molecule has 5 nitrogen and oxygen atoms in total. The van der Waals surface area contributed by atoms with E-state index in [1.165, 1.54) is 0 Å². The second-order valence-electron chi connectivity index (χ2n) is 6.34. The molecule has 0 aliphatic heterocycles. The minimum atomic E-state index is -1.04. The monoisotopic (exact) mass is 424 g/mol. The molecule has 0 aromatic heterocycles. The first-order valence-corrected chi connectivity index (χ1v) is 8.88. The van der Waals surface area contributed by atoms with Crippen molar-refractivity contribution in [2.24, 2.45) is 0 Å². The number of alkyl halides is 1. The van der Waals surface area contributed by atoms with Crippen molar-refractivity contribution in [1.29, 1.82) is 0 Å². The molecule has 0 fully saturated rings. The molecular weight excluding hydrogens is 407 g/mol. The number of hydrogen-bond acceptors (Lipinski definition) is 5. The van der Waals surface area contributed by atoms with Gasteiger partial charge in [-0.3, -0.25) is 0 Å². The lowest BCUT2D eigenvalue weighted by atomic mass is 10.1. The van der Waals surface area contributed by atoms with Crippen molar-refractivity contribution in [3.8, 4) is 11.5 Å². The number of esters is 1. The Kier molecular flexibility index (Phi) is 6.37. The summed E-state index contributed by atoms with van der Waals surface area (Å²) in [6.07, 6.45) is -1.04. The number of halogens is 2. The maximum Gasteiger partial charge on any atom is 0.514 e. The topological polar surface area (TPSA) is 61.8 Å². The normalized spacial score (nSPS) is 11.0. The molecule has 0 radical (unpaired) electrons. The van der Waals surface area contributed by atoms with Crippen molar-refractivity contribution in [3.05, 3.63) is 59.4 Å². The molecule has 0 aliphatic rings. The summed E-state index contributed by atoms with van der Waals surface area (Å²) in [5.74, 6) is -1.39. The predicted octanol–water partition coefficient (Wildman–Crippen LogP) is 5.25. The minimum absolute atomic E-state index is 0.0574. The summed E-state index contributed by atoms with van der Waals surface area (Å²) in [6, 6.07) is 10.5. The second-order valence-corrected chi connectivity index (χ2v) is 6.90. The van der Waals surface area contributed by atoms with E-state index >= 15 is 0 Å². The molecule has 138 valence electrons. The van der Waals surface area contributed by atoms with Gasteiger partial charge < -0.3 is 14.2 Å². The SMILES string of the molecule is CC(C)(C)OC(=O)Oc1cc(F)cc(CBr)c1C(=O)Oc1ccccc1. The van der Waals surface area contributed by atoms with Crippen LogP contribution in [0.1, 0.15) is 36.7 Å². The van der Waals surface area contributed by atoms with Crippen molar-refractivity contribution < 1.29 is 28.2 Å². The van der Waals surface area contributed by atoms with E-state index in [0.29, 0.717) is 5.75 Å². The first-order chi connectivity index (χ1) is 12.2. The van der Waals surface area contributed by atoms with Crippen LogP contribution in [0.5, 0.6) is 11.5 Å². The number of carbonyl (C=O) groups excluding carboxylic acids is 2. The van der Waals surface area contributed by atoms with Crippen LogP contribution in [0, 0.1) is 5.82 Å². The van der Waals surface area contributed by atoms with E-state index in [1.807, 2.05) is 0 Å². The summed E-state index contributed by atoms with van der Waals surface area (Å²) < 4.78 is 29.3. The van der Waals surface area contributed by atoms with E-state index in [2.05, 4.69) is 15.9 Å². The van der Waals surface area contributed by atoms with E-state index in [9.17, 15) is 14.0 Å². The average Bonchev–Trinajstić information content (AvgIpc) is 2.53. The zero-order chi connectivity index (χ0) is 19.3. The van der Waals surface area contributed by atoms with Crippen molar-refractivity contribution in [2.75, 3.05) is 0 Å². The lowest BCUT2D eigenvalue weighted by Crippen LogP contribution is -2.26. The van der Waals surface area contributed by atoms with Gasteiger partial charge in [-0.05, 0) is 44.5 Å². The molecule has 7 heteroatoms. The number of carbonyl (C=O) groups is 2. The molecule has 0 saturated carbocycles. The van der Waals surface area contributed by atoms with Gasteiger partial charge in [0.15, 0.2) is 5.75 Å².